The summed E-state index contributed by atoms with van der Waals surface area (Å²) in [6.07, 6.45) is -4.26. The number of hydrogen-bond acceptors (Lipinski definition) is 2. The lowest BCUT2D eigenvalue weighted by Crippen LogP contribution is -2.10. The molecule has 0 radical (unpaired) electrons. The van der Waals surface area contributed by atoms with Crippen molar-refractivity contribution in [1.29, 1.82) is 0 Å². The zero-order valence-corrected chi connectivity index (χ0v) is 12.6. The molecule has 0 saturated carbocycles. The molecule has 0 atom stereocenters. The van der Waals surface area contributed by atoms with Crippen LogP contribution in [0.4, 0.5) is 13.2 Å². The van der Waals surface area contributed by atoms with Gasteiger partial charge >= 0.3 is 12.1 Å². The highest BCUT2D eigenvalue weighted by Gasteiger charge is 2.33. The standard InChI is InChI=1S/C13H5Cl3F3NO2/c14-6-2-8(15)10(9(16)3-6)7-1-5(13(17,18)19)4-20-11(7)12(21)22/h1-4H,(H,21,22). The van der Waals surface area contributed by atoms with Gasteiger partial charge in [-0.05, 0) is 18.2 Å². The summed E-state index contributed by atoms with van der Waals surface area (Å²) >= 11 is 17.6. The number of nitrogens with zero attached hydrogens (tertiary/aromatic N) is 1. The zero-order chi connectivity index (χ0) is 16.7. The Hall–Kier alpha value is -1.50. The van der Waals surface area contributed by atoms with Crippen molar-refractivity contribution in [3.05, 3.63) is 50.7 Å². The molecule has 0 aliphatic heterocycles. The molecule has 0 fully saturated rings. The fourth-order valence-corrected chi connectivity index (χ4v) is 2.80. The van der Waals surface area contributed by atoms with Gasteiger partial charge in [-0.2, -0.15) is 13.2 Å². The van der Waals surface area contributed by atoms with E-state index in [1.165, 1.54) is 12.1 Å². The monoisotopic (exact) mass is 369 g/mol. The molecule has 1 aromatic carbocycles. The Bertz CT molecular complexity index is 740. The molecule has 2 rings (SSSR count). The fraction of sp³-hybridized carbons (Fsp3) is 0.0769. The predicted molar refractivity (Wildman–Crippen MR) is 76.7 cm³/mol. The van der Waals surface area contributed by atoms with E-state index in [1.54, 1.807) is 0 Å². The van der Waals surface area contributed by atoms with Gasteiger partial charge in [-0.25, -0.2) is 9.78 Å². The van der Waals surface area contributed by atoms with Crippen LogP contribution in [0.3, 0.4) is 0 Å². The summed E-state index contributed by atoms with van der Waals surface area (Å²) in [5.41, 5.74) is -2.13. The number of alkyl halides is 3. The average Bonchev–Trinajstić information content (AvgIpc) is 2.36. The maximum absolute atomic E-state index is 12.8. The Morgan fingerprint density at radius 3 is 2.09 bits per heavy atom. The van der Waals surface area contributed by atoms with Gasteiger partial charge in [-0.3, -0.25) is 0 Å². The van der Waals surface area contributed by atoms with E-state index in [0.29, 0.717) is 12.3 Å². The molecule has 3 nitrogen and oxygen atoms in total. The molecule has 0 bridgehead atoms. The number of carboxylic acid groups (broad SMARTS) is 1. The van der Waals surface area contributed by atoms with Gasteiger partial charge < -0.3 is 5.11 Å². The van der Waals surface area contributed by atoms with Gasteiger partial charge in [-0.1, -0.05) is 34.8 Å². The van der Waals surface area contributed by atoms with Gasteiger partial charge in [0.15, 0.2) is 5.69 Å². The van der Waals surface area contributed by atoms with Crippen LogP contribution in [0.25, 0.3) is 11.1 Å². The molecule has 9 heteroatoms. The van der Waals surface area contributed by atoms with Crippen LogP contribution in [0.15, 0.2) is 24.4 Å². The van der Waals surface area contributed by atoms with Crippen LogP contribution in [-0.4, -0.2) is 16.1 Å². The van der Waals surface area contributed by atoms with Gasteiger partial charge in [0.05, 0.1) is 15.6 Å². The minimum Gasteiger partial charge on any atom is -0.476 e. The van der Waals surface area contributed by atoms with Crippen LogP contribution in [-0.2, 0) is 6.18 Å². The van der Waals surface area contributed by atoms with E-state index in [0.717, 1.165) is 0 Å². The zero-order valence-electron chi connectivity index (χ0n) is 10.4. The molecule has 0 saturated heterocycles. The van der Waals surface area contributed by atoms with E-state index in [-0.39, 0.29) is 26.2 Å². The molecular weight excluding hydrogens is 366 g/mol. The number of aromatic nitrogens is 1. The van der Waals surface area contributed by atoms with Gasteiger partial charge in [0, 0.05) is 22.3 Å². The first-order valence-electron chi connectivity index (χ1n) is 5.56. The molecule has 0 unspecified atom stereocenters. The van der Waals surface area contributed by atoms with Gasteiger partial charge in [0.1, 0.15) is 0 Å². The van der Waals surface area contributed by atoms with Crippen molar-refractivity contribution in [3.63, 3.8) is 0 Å². The molecule has 0 spiro atoms. The summed E-state index contributed by atoms with van der Waals surface area (Å²) in [7, 11) is 0. The molecule has 0 aliphatic carbocycles. The van der Waals surface area contributed by atoms with Crippen LogP contribution in [0.5, 0.6) is 0 Å². The Kier molecular flexibility index (Phi) is 4.56. The van der Waals surface area contributed by atoms with E-state index in [4.69, 9.17) is 39.9 Å². The molecule has 0 amide bonds. The minimum atomic E-state index is -4.69. The Labute approximate surface area is 137 Å². The highest BCUT2D eigenvalue weighted by atomic mass is 35.5. The van der Waals surface area contributed by atoms with Crippen molar-refractivity contribution in [2.75, 3.05) is 0 Å². The fourth-order valence-electron chi connectivity index (χ4n) is 1.78. The molecule has 22 heavy (non-hydrogen) atoms. The quantitative estimate of drug-likeness (QED) is 0.767. The van der Waals surface area contributed by atoms with Crippen LogP contribution in [0.1, 0.15) is 16.1 Å². The lowest BCUT2D eigenvalue weighted by molar-refractivity contribution is -0.137. The number of rotatable bonds is 2. The Balaban J connectivity index is 2.80. The summed E-state index contributed by atoms with van der Waals surface area (Å²) in [5.74, 6) is -1.51. The van der Waals surface area contributed by atoms with E-state index in [1.807, 2.05) is 0 Å². The number of halogens is 6. The number of aromatic carboxylic acids is 1. The lowest BCUT2D eigenvalue weighted by Gasteiger charge is -2.13. The molecule has 1 N–H and O–H groups in total. The van der Waals surface area contributed by atoms with Crippen LogP contribution in [0.2, 0.25) is 15.1 Å². The maximum Gasteiger partial charge on any atom is 0.417 e. The van der Waals surface area contributed by atoms with Gasteiger partial charge in [0.25, 0.3) is 0 Å². The molecule has 116 valence electrons. The third-order valence-corrected chi connectivity index (χ3v) is 3.51. The second-order valence-corrected chi connectivity index (χ2v) is 5.42. The topological polar surface area (TPSA) is 50.2 Å². The normalized spacial score (nSPS) is 11.5. The number of carbonyl (C=O) groups is 1. The smallest absolute Gasteiger partial charge is 0.417 e. The van der Waals surface area contributed by atoms with Gasteiger partial charge in [-0.15, -0.1) is 0 Å². The van der Waals surface area contributed by atoms with E-state index >= 15 is 0 Å². The highest BCUT2D eigenvalue weighted by Crippen LogP contribution is 2.40. The maximum atomic E-state index is 12.8. The highest BCUT2D eigenvalue weighted by molar-refractivity contribution is 6.42. The average molecular weight is 371 g/mol. The molecule has 1 heterocycles. The first kappa shape index (κ1) is 16.9. The predicted octanol–water partition coefficient (Wildman–Crippen LogP) is 5.43. The van der Waals surface area contributed by atoms with Crippen LogP contribution in [0, 0.1) is 0 Å². The Morgan fingerprint density at radius 2 is 1.64 bits per heavy atom. The van der Waals surface area contributed by atoms with E-state index < -0.39 is 23.4 Å². The largest absolute Gasteiger partial charge is 0.476 e. The Morgan fingerprint density at radius 1 is 1.09 bits per heavy atom. The summed E-state index contributed by atoms with van der Waals surface area (Å²) in [4.78, 5) is 14.5. The molecule has 0 aliphatic rings. The first-order valence-corrected chi connectivity index (χ1v) is 6.70. The second kappa shape index (κ2) is 5.95. The SMILES string of the molecule is O=C(O)c1ncc(C(F)(F)F)cc1-c1c(Cl)cc(Cl)cc1Cl. The molecule has 2 aromatic rings. The van der Waals surface area contributed by atoms with Crippen molar-refractivity contribution in [3.8, 4) is 11.1 Å². The third kappa shape index (κ3) is 3.29. The van der Waals surface area contributed by atoms with Crippen LogP contribution < -0.4 is 0 Å². The van der Waals surface area contributed by atoms with Gasteiger partial charge in [0.2, 0.25) is 0 Å². The van der Waals surface area contributed by atoms with Crippen molar-refractivity contribution < 1.29 is 23.1 Å². The number of carboxylic acids is 1. The summed E-state index contributed by atoms with van der Waals surface area (Å²) in [6, 6.07) is 3.13. The summed E-state index contributed by atoms with van der Waals surface area (Å²) in [5, 5.41) is 9.10. The second-order valence-electron chi connectivity index (χ2n) is 4.17. The molecule has 1 aromatic heterocycles. The first-order chi connectivity index (χ1) is 10.1. The minimum absolute atomic E-state index is 0.0799. The number of benzene rings is 1. The van der Waals surface area contributed by atoms with Crippen LogP contribution >= 0.6 is 34.8 Å². The van der Waals surface area contributed by atoms with Crippen molar-refractivity contribution in [1.82, 2.24) is 4.98 Å². The number of hydrogen-bond donors (Lipinski definition) is 1. The molecular formula is C13H5Cl3F3NO2. The third-order valence-electron chi connectivity index (χ3n) is 2.69. The number of pyridine rings is 1. The van der Waals surface area contributed by atoms with E-state index in [2.05, 4.69) is 4.98 Å². The van der Waals surface area contributed by atoms with Crippen molar-refractivity contribution >= 4 is 40.8 Å². The lowest BCUT2D eigenvalue weighted by atomic mass is 10.0. The van der Waals surface area contributed by atoms with Crippen molar-refractivity contribution in [2.45, 2.75) is 6.18 Å². The summed E-state index contributed by atoms with van der Waals surface area (Å²) in [6.45, 7) is 0. The summed E-state index contributed by atoms with van der Waals surface area (Å²) < 4.78 is 38.4. The van der Waals surface area contributed by atoms with E-state index in [9.17, 15) is 18.0 Å². The van der Waals surface area contributed by atoms with Crippen molar-refractivity contribution in [2.24, 2.45) is 0 Å².